The van der Waals surface area contributed by atoms with Crippen LogP contribution in [-0.4, -0.2) is 44.8 Å². The van der Waals surface area contributed by atoms with Crippen LogP contribution in [0.5, 0.6) is 28.7 Å². The van der Waals surface area contributed by atoms with Gasteiger partial charge in [-0.2, -0.15) is 0 Å². The van der Waals surface area contributed by atoms with Crippen molar-refractivity contribution >= 4 is 5.91 Å². The van der Waals surface area contributed by atoms with Crippen LogP contribution in [0.15, 0.2) is 54.6 Å². The number of hydrogen-bond acceptors (Lipinski definition) is 6. The second-order valence-corrected chi connectivity index (χ2v) is 8.40. The van der Waals surface area contributed by atoms with Gasteiger partial charge < -0.3 is 28.6 Å². The van der Waals surface area contributed by atoms with Crippen molar-refractivity contribution in [3.8, 4) is 28.7 Å². The molecule has 0 saturated carbocycles. The summed E-state index contributed by atoms with van der Waals surface area (Å²) in [7, 11) is 4.65. The number of likely N-dealkylation sites (tertiary alicyclic amines) is 1. The number of amides is 1. The molecule has 1 saturated heterocycles. The van der Waals surface area contributed by atoms with Crippen LogP contribution in [0, 0.1) is 5.82 Å². The number of carbonyl (C=O) groups excluding carboxylic acids is 1. The molecule has 0 N–H and O–H groups in total. The maximum Gasteiger partial charge on any atom is 0.267 e. The molecule has 0 radical (unpaired) electrons. The molecule has 35 heavy (non-hydrogen) atoms. The summed E-state index contributed by atoms with van der Waals surface area (Å²) in [5, 5.41) is 0. The lowest BCUT2D eigenvalue weighted by atomic mass is 9.88. The summed E-state index contributed by atoms with van der Waals surface area (Å²) in [5.41, 5.74) is 2.88. The molecule has 0 bridgehead atoms. The molecule has 0 aliphatic carbocycles. The molecule has 5 rings (SSSR count). The fraction of sp³-hybridized carbons (Fsp3) is 0.296. The van der Waals surface area contributed by atoms with Gasteiger partial charge >= 0.3 is 0 Å². The molecule has 2 heterocycles. The van der Waals surface area contributed by atoms with Crippen molar-refractivity contribution in [3.63, 3.8) is 0 Å². The minimum absolute atomic E-state index is 0.162. The lowest BCUT2D eigenvalue weighted by Gasteiger charge is -2.47. The topological polar surface area (TPSA) is 66.5 Å². The second kappa shape index (κ2) is 9.37. The van der Waals surface area contributed by atoms with Gasteiger partial charge in [0.1, 0.15) is 23.4 Å². The summed E-state index contributed by atoms with van der Waals surface area (Å²) in [6.07, 6.45) is 0.0862. The Kier molecular flexibility index (Phi) is 6.11. The van der Waals surface area contributed by atoms with Crippen LogP contribution in [0.25, 0.3) is 0 Å². The van der Waals surface area contributed by atoms with E-state index in [4.69, 9.17) is 23.7 Å². The summed E-state index contributed by atoms with van der Waals surface area (Å²) in [6.45, 7) is 0.962. The van der Waals surface area contributed by atoms with Crippen LogP contribution < -0.4 is 23.7 Å². The quantitative estimate of drug-likeness (QED) is 0.449. The molecule has 1 fully saturated rings. The van der Waals surface area contributed by atoms with Gasteiger partial charge in [-0.3, -0.25) is 4.79 Å². The van der Waals surface area contributed by atoms with E-state index in [0.717, 1.165) is 28.9 Å². The molecule has 8 heteroatoms. The number of ether oxygens (including phenoxy) is 5. The SMILES string of the molecule is COc1cc(CN2C(=O)[C@H](Oc3ccc(F)cc3)[C@@H]2c2ccc3c(c2)CCO3)cc(OC)c1OC. The maximum atomic E-state index is 13.4. The highest BCUT2D eigenvalue weighted by Crippen LogP contribution is 2.43. The van der Waals surface area contributed by atoms with Crippen LogP contribution in [0.3, 0.4) is 0 Å². The summed E-state index contributed by atoms with van der Waals surface area (Å²) in [4.78, 5) is 15.1. The molecule has 3 aromatic carbocycles. The number of β-lactam (4-membered cyclic amide) rings is 1. The average Bonchev–Trinajstić information content (AvgIpc) is 3.36. The molecule has 7 nitrogen and oxygen atoms in total. The number of hydrogen-bond donors (Lipinski definition) is 0. The zero-order chi connectivity index (χ0) is 24.5. The third-order valence-corrected chi connectivity index (χ3v) is 6.36. The first-order valence-corrected chi connectivity index (χ1v) is 11.3. The first-order valence-electron chi connectivity index (χ1n) is 11.3. The average molecular weight is 480 g/mol. The summed E-state index contributed by atoms with van der Waals surface area (Å²) < 4.78 is 41.4. The number of nitrogens with zero attached hydrogens (tertiary/aromatic N) is 1. The Hall–Kier alpha value is -3.94. The van der Waals surface area contributed by atoms with E-state index in [2.05, 4.69) is 6.07 Å². The Balaban J connectivity index is 1.47. The van der Waals surface area contributed by atoms with E-state index in [9.17, 15) is 9.18 Å². The second-order valence-electron chi connectivity index (χ2n) is 8.40. The molecule has 3 aromatic rings. The van der Waals surface area contributed by atoms with Crippen molar-refractivity contribution in [2.45, 2.75) is 25.1 Å². The fourth-order valence-electron chi connectivity index (χ4n) is 4.64. The number of rotatable bonds is 8. The molecule has 1 amide bonds. The molecule has 0 aromatic heterocycles. The zero-order valence-electron chi connectivity index (χ0n) is 19.7. The highest BCUT2D eigenvalue weighted by molar-refractivity contribution is 5.89. The highest BCUT2D eigenvalue weighted by Gasteiger charge is 2.50. The standard InChI is InChI=1S/C27H26FNO6/c1-31-22-12-16(13-23(32-2)25(22)33-3)15-29-24(18-4-9-21-17(14-18)10-11-34-21)26(27(29)30)35-20-7-5-19(28)6-8-20/h4-9,12-14,24,26H,10-11,15H2,1-3H3/t24-,26+/m0/s1. The molecule has 182 valence electrons. The Bertz CT molecular complexity index is 1220. The summed E-state index contributed by atoms with van der Waals surface area (Å²) in [6, 6.07) is 15.0. The Morgan fingerprint density at radius 2 is 1.69 bits per heavy atom. The van der Waals surface area contributed by atoms with Crippen molar-refractivity contribution < 1.29 is 32.9 Å². The van der Waals surface area contributed by atoms with E-state index in [1.807, 2.05) is 24.3 Å². The van der Waals surface area contributed by atoms with Crippen molar-refractivity contribution in [2.75, 3.05) is 27.9 Å². The predicted octanol–water partition coefficient (Wildman–Crippen LogP) is 4.32. The van der Waals surface area contributed by atoms with E-state index in [1.165, 1.54) is 24.3 Å². The monoisotopic (exact) mass is 479 g/mol. The predicted molar refractivity (Wildman–Crippen MR) is 126 cm³/mol. The van der Waals surface area contributed by atoms with Gasteiger partial charge in [-0.1, -0.05) is 6.07 Å². The minimum Gasteiger partial charge on any atom is -0.493 e. The maximum absolute atomic E-state index is 13.4. The van der Waals surface area contributed by atoms with Gasteiger partial charge in [-0.05, 0) is 65.2 Å². The summed E-state index contributed by atoms with van der Waals surface area (Å²) >= 11 is 0. The Morgan fingerprint density at radius 1 is 0.971 bits per heavy atom. The van der Waals surface area contributed by atoms with Crippen molar-refractivity contribution in [1.82, 2.24) is 4.90 Å². The van der Waals surface area contributed by atoms with Gasteiger partial charge in [0, 0.05) is 13.0 Å². The lowest BCUT2D eigenvalue weighted by molar-refractivity contribution is -0.165. The van der Waals surface area contributed by atoms with Crippen molar-refractivity contribution in [2.24, 2.45) is 0 Å². The number of halogens is 1. The lowest BCUT2D eigenvalue weighted by Crippen LogP contribution is -2.60. The van der Waals surface area contributed by atoms with E-state index < -0.39 is 6.10 Å². The van der Waals surface area contributed by atoms with Crippen LogP contribution in [0.1, 0.15) is 22.7 Å². The molecule has 2 aliphatic rings. The number of benzene rings is 3. The molecule has 0 unspecified atom stereocenters. The number of carbonyl (C=O) groups is 1. The van der Waals surface area contributed by atoms with Gasteiger partial charge in [0.25, 0.3) is 5.91 Å². The van der Waals surface area contributed by atoms with Crippen molar-refractivity contribution in [3.05, 3.63) is 77.1 Å². The van der Waals surface area contributed by atoms with E-state index in [-0.39, 0.29) is 17.8 Å². The third kappa shape index (κ3) is 4.20. The van der Waals surface area contributed by atoms with E-state index in [1.54, 1.807) is 26.2 Å². The number of fused-ring (bicyclic) bond motifs is 1. The van der Waals surface area contributed by atoms with E-state index >= 15 is 0 Å². The summed E-state index contributed by atoms with van der Waals surface area (Å²) in [5.74, 6) is 2.29. The molecular formula is C27H26FNO6. The van der Waals surface area contributed by atoms with Gasteiger partial charge in [-0.25, -0.2) is 4.39 Å². The van der Waals surface area contributed by atoms with Gasteiger partial charge in [0.05, 0.1) is 27.9 Å². The van der Waals surface area contributed by atoms with Crippen LogP contribution in [0.4, 0.5) is 4.39 Å². The smallest absolute Gasteiger partial charge is 0.267 e. The number of methoxy groups -OCH3 is 3. The normalized spacial score (nSPS) is 18.4. The first kappa shape index (κ1) is 22.8. The Labute approximate surface area is 202 Å². The van der Waals surface area contributed by atoms with Crippen LogP contribution in [-0.2, 0) is 17.8 Å². The zero-order valence-corrected chi connectivity index (χ0v) is 19.7. The third-order valence-electron chi connectivity index (χ3n) is 6.36. The molecule has 2 aliphatic heterocycles. The molecule has 2 atom stereocenters. The van der Waals surface area contributed by atoms with E-state index in [0.29, 0.717) is 36.1 Å². The highest BCUT2D eigenvalue weighted by atomic mass is 19.1. The van der Waals surface area contributed by atoms with Crippen LogP contribution in [0.2, 0.25) is 0 Å². The van der Waals surface area contributed by atoms with Gasteiger partial charge in [-0.15, -0.1) is 0 Å². The first-order chi connectivity index (χ1) is 17.0. The largest absolute Gasteiger partial charge is 0.493 e. The minimum atomic E-state index is -0.733. The van der Waals surface area contributed by atoms with Crippen LogP contribution >= 0.6 is 0 Å². The fourth-order valence-corrected chi connectivity index (χ4v) is 4.64. The van der Waals surface area contributed by atoms with Gasteiger partial charge in [0.2, 0.25) is 11.9 Å². The van der Waals surface area contributed by atoms with Gasteiger partial charge in [0.15, 0.2) is 11.5 Å². The Morgan fingerprint density at radius 3 is 2.34 bits per heavy atom. The molecular weight excluding hydrogens is 453 g/mol. The van der Waals surface area contributed by atoms with Crippen molar-refractivity contribution in [1.29, 1.82) is 0 Å². The molecule has 0 spiro atoms.